The third kappa shape index (κ3) is 4.97. The van der Waals surface area contributed by atoms with E-state index in [1.165, 1.54) is 12.8 Å². The molecule has 1 saturated carbocycles. The number of unbranched alkanes of at least 4 members (excludes halogenated alkanes) is 2. The average molecular weight is 254 g/mol. The van der Waals surface area contributed by atoms with Gasteiger partial charge >= 0.3 is 0 Å². The predicted molar refractivity (Wildman–Crippen MR) is 76.3 cm³/mol. The van der Waals surface area contributed by atoms with E-state index in [2.05, 4.69) is 13.8 Å². The molecule has 106 valence electrons. The average Bonchev–Trinajstić information content (AvgIpc) is 2.33. The molecule has 0 aliphatic heterocycles. The van der Waals surface area contributed by atoms with Crippen LogP contribution < -0.4 is 5.73 Å². The summed E-state index contributed by atoms with van der Waals surface area (Å²) in [5.41, 5.74) is 5.93. The summed E-state index contributed by atoms with van der Waals surface area (Å²) in [6.45, 7) is 5.40. The van der Waals surface area contributed by atoms with Gasteiger partial charge in [0, 0.05) is 19.5 Å². The van der Waals surface area contributed by atoms with E-state index in [-0.39, 0.29) is 0 Å². The Hall–Kier alpha value is -0.570. The molecule has 1 amide bonds. The molecule has 0 radical (unpaired) electrons. The van der Waals surface area contributed by atoms with Gasteiger partial charge in [-0.1, -0.05) is 20.3 Å². The van der Waals surface area contributed by atoms with Crippen molar-refractivity contribution in [3.8, 4) is 0 Å². The first-order valence-electron chi connectivity index (χ1n) is 7.42. The lowest BCUT2D eigenvalue weighted by Gasteiger charge is -2.38. The second-order valence-corrected chi connectivity index (χ2v) is 6.50. The van der Waals surface area contributed by atoms with Crippen molar-refractivity contribution in [1.29, 1.82) is 0 Å². The second kappa shape index (κ2) is 7.13. The fraction of sp³-hybridized carbons (Fsp3) is 0.933. The molecule has 1 aliphatic carbocycles. The van der Waals surface area contributed by atoms with Gasteiger partial charge in [0.05, 0.1) is 0 Å². The van der Waals surface area contributed by atoms with Crippen molar-refractivity contribution < 1.29 is 4.79 Å². The third-order valence-electron chi connectivity index (χ3n) is 4.34. The standard InChI is InChI=1S/C15H30N2O/c1-15(2)10-8-13(9-11-15)17(3)14(18)7-5-4-6-12-16/h13H,4-12,16H2,1-3H3. The number of hydrogen-bond donors (Lipinski definition) is 1. The quantitative estimate of drug-likeness (QED) is 0.741. The number of amides is 1. The molecule has 18 heavy (non-hydrogen) atoms. The van der Waals surface area contributed by atoms with E-state index in [0.29, 0.717) is 23.8 Å². The highest BCUT2D eigenvalue weighted by Crippen LogP contribution is 2.36. The van der Waals surface area contributed by atoms with E-state index >= 15 is 0 Å². The summed E-state index contributed by atoms with van der Waals surface area (Å²) in [6.07, 6.45) is 8.60. The van der Waals surface area contributed by atoms with E-state index in [9.17, 15) is 4.79 Å². The maximum Gasteiger partial charge on any atom is 0.222 e. The fourth-order valence-corrected chi connectivity index (χ4v) is 2.75. The van der Waals surface area contributed by atoms with Crippen LogP contribution in [0.5, 0.6) is 0 Å². The number of carbonyl (C=O) groups excluding carboxylic acids is 1. The maximum atomic E-state index is 12.1. The summed E-state index contributed by atoms with van der Waals surface area (Å²) in [6, 6.07) is 0.472. The predicted octanol–water partition coefficient (Wildman–Crippen LogP) is 2.93. The smallest absolute Gasteiger partial charge is 0.222 e. The highest BCUT2D eigenvalue weighted by Gasteiger charge is 2.30. The van der Waals surface area contributed by atoms with Crippen LogP contribution in [-0.4, -0.2) is 30.4 Å². The summed E-state index contributed by atoms with van der Waals surface area (Å²) in [4.78, 5) is 14.1. The molecule has 3 heteroatoms. The Kier molecular flexibility index (Phi) is 6.13. The summed E-state index contributed by atoms with van der Waals surface area (Å²) in [5, 5.41) is 0. The van der Waals surface area contributed by atoms with Crippen molar-refractivity contribution in [1.82, 2.24) is 4.90 Å². The Morgan fingerprint density at radius 3 is 2.39 bits per heavy atom. The zero-order valence-electron chi connectivity index (χ0n) is 12.4. The van der Waals surface area contributed by atoms with Crippen molar-refractivity contribution in [2.45, 2.75) is 71.3 Å². The van der Waals surface area contributed by atoms with Gasteiger partial charge in [-0.05, 0) is 50.5 Å². The van der Waals surface area contributed by atoms with Crippen LogP contribution in [0.15, 0.2) is 0 Å². The van der Waals surface area contributed by atoms with Crippen molar-refractivity contribution >= 4 is 5.91 Å². The highest BCUT2D eigenvalue weighted by atomic mass is 16.2. The van der Waals surface area contributed by atoms with Crippen LogP contribution in [0.4, 0.5) is 0 Å². The first kappa shape index (κ1) is 15.5. The van der Waals surface area contributed by atoms with Crippen molar-refractivity contribution in [3.05, 3.63) is 0 Å². The van der Waals surface area contributed by atoms with Crippen molar-refractivity contribution in [2.75, 3.05) is 13.6 Å². The number of rotatable bonds is 6. The van der Waals surface area contributed by atoms with Gasteiger partial charge in [-0.3, -0.25) is 4.79 Å². The van der Waals surface area contributed by atoms with E-state index in [1.807, 2.05) is 11.9 Å². The summed E-state index contributed by atoms with van der Waals surface area (Å²) in [5.74, 6) is 0.316. The molecule has 0 spiro atoms. The number of nitrogens with zero attached hydrogens (tertiary/aromatic N) is 1. The van der Waals surface area contributed by atoms with Crippen LogP contribution in [-0.2, 0) is 4.79 Å². The lowest BCUT2D eigenvalue weighted by atomic mass is 9.75. The summed E-state index contributed by atoms with van der Waals surface area (Å²) < 4.78 is 0. The number of carbonyl (C=O) groups is 1. The molecule has 1 rings (SSSR count). The first-order valence-corrected chi connectivity index (χ1v) is 7.42. The molecule has 2 N–H and O–H groups in total. The van der Waals surface area contributed by atoms with Crippen molar-refractivity contribution in [3.63, 3.8) is 0 Å². The van der Waals surface area contributed by atoms with Gasteiger partial charge in [-0.25, -0.2) is 0 Å². The van der Waals surface area contributed by atoms with Crippen LogP contribution in [0.2, 0.25) is 0 Å². The second-order valence-electron chi connectivity index (χ2n) is 6.50. The molecule has 3 nitrogen and oxygen atoms in total. The molecule has 1 fully saturated rings. The van der Waals surface area contributed by atoms with Gasteiger partial charge in [-0.2, -0.15) is 0 Å². The Bertz CT molecular complexity index is 253. The molecule has 0 aromatic heterocycles. The van der Waals surface area contributed by atoms with E-state index in [4.69, 9.17) is 5.73 Å². The van der Waals surface area contributed by atoms with Crippen LogP contribution in [0.3, 0.4) is 0 Å². The molecular formula is C15H30N2O. The zero-order valence-corrected chi connectivity index (χ0v) is 12.4. The molecule has 0 bridgehead atoms. The normalized spacial score (nSPS) is 19.8. The topological polar surface area (TPSA) is 46.3 Å². The molecule has 0 saturated heterocycles. The van der Waals surface area contributed by atoms with Crippen LogP contribution >= 0.6 is 0 Å². The van der Waals surface area contributed by atoms with Gasteiger partial charge in [0.25, 0.3) is 0 Å². The lowest BCUT2D eigenvalue weighted by molar-refractivity contribution is -0.133. The molecule has 0 heterocycles. The molecule has 0 unspecified atom stereocenters. The summed E-state index contributed by atoms with van der Waals surface area (Å²) >= 11 is 0. The monoisotopic (exact) mass is 254 g/mol. The van der Waals surface area contributed by atoms with Crippen LogP contribution in [0.25, 0.3) is 0 Å². The molecular weight excluding hydrogens is 224 g/mol. The SMILES string of the molecule is CN(C(=O)CCCCCN)C1CCC(C)(C)CC1. The third-order valence-corrected chi connectivity index (χ3v) is 4.34. The van der Waals surface area contributed by atoms with Gasteiger partial charge in [0.15, 0.2) is 0 Å². The minimum Gasteiger partial charge on any atom is -0.343 e. The fourth-order valence-electron chi connectivity index (χ4n) is 2.75. The molecule has 0 aromatic rings. The zero-order chi connectivity index (χ0) is 13.6. The Labute approximate surface area is 112 Å². The largest absolute Gasteiger partial charge is 0.343 e. The lowest BCUT2D eigenvalue weighted by Crippen LogP contribution is -2.40. The van der Waals surface area contributed by atoms with Crippen LogP contribution in [0.1, 0.15) is 65.2 Å². The Balaban J connectivity index is 2.27. The van der Waals surface area contributed by atoms with Gasteiger partial charge < -0.3 is 10.6 Å². The minimum absolute atomic E-state index is 0.316. The number of hydrogen-bond acceptors (Lipinski definition) is 2. The molecule has 0 atom stereocenters. The number of nitrogens with two attached hydrogens (primary N) is 1. The summed E-state index contributed by atoms with van der Waals surface area (Å²) in [7, 11) is 1.98. The molecule has 1 aliphatic rings. The van der Waals surface area contributed by atoms with E-state index in [0.717, 1.165) is 38.6 Å². The van der Waals surface area contributed by atoms with Gasteiger partial charge in [0.2, 0.25) is 5.91 Å². The van der Waals surface area contributed by atoms with Gasteiger partial charge in [0.1, 0.15) is 0 Å². The van der Waals surface area contributed by atoms with Gasteiger partial charge in [-0.15, -0.1) is 0 Å². The highest BCUT2D eigenvalue weighted by molar-refractivity contribution is 5.76. The minimum atomic E-state index is 0.316. The van der Waals surface area contributed by atoms with Crippen LogP contribution in [0, 0.1) is 5.41 Å². The maximum absolute atomic E-state index is 12.1. The Morgan fingerprint density at radius 1 is 1.22 bits per heavy atom. The molecule has 0 aromatic carbocycles. The van der Waals surface area contributed by atoms with E-state index in [1.54, 1.807) is 0 Å². The van der Waals surface area contributed by atoms with E-state index < -0.39 is 0 Å². The first-order chi connectivity index (χ1) is 8.46. The van der Waals surface area contributed by atoms with Crippen molar-refractivity contribution in [2.24, 2.45) is 11.1 Å². The Morgan fingerprint density at radius 2 is 1.83 bits per heavy atom.